The molecule has 0 amide bonds. The molecule has 4 heteroatoms. The molecule has 2 N–H and O–H groups in total. The zero-order valence-electron chi connectivity index (χ0n) is 11.0. The maximum atomic E-state index is 5.72. The van der Waals surface area contributed by atoms with Crippen molar-refractivity contribution in [1.82, 2.24) is 5.16 Å². The number of ether oxygens (including phenoxy) is 1. The first-order valence-electron chi connectivity index (χ1n) is 6.06. The summed E-state index contributed by atoms with van der Waals surface area (Å²) in [7, 11) is 0. The molecule has 1 heterocycles. The Morgan fingerprint density at radius 3 is 2.72 bits per heavy atom. The van der Waals surface area contributed by atoms with Gasteiger partial charge in [-0.2, -0.15) is 0 Å². The molecule has 2 rings (SSSR count). The standard InChI is InChI=1S/C14H18N2O2/c1-4-17-13-6-5-11(7-9(13)2)14-12(8-15)10(3)16-18-14/h5-7H,4,8,15H2,1-3H3. The van der Waals surface area contributed by atoms with Gasteiger partial charge in [0.1, 0.15) is 5.75 Å². The highest BCUT2D eigenvalue weighted by molar-refractivity contribution is 5.64. The second kappa shape index (κ2) is 5.23. The molecule has 0 aliphatic carbocycles. The molecular weight excluding hydrogens is 228 g/mol. The Hall–Kier alpha value is -1.81. The number of hydrogen-bond acceptors (Lipinski definition) is 4. The van der Waals surface area contributed by atoms with Gasteiger partial charge >= 0.3 is 0 Å². The van der Waals surface area contributed by atoms with Crippen LogP contribution in [0.4, 0.5) is 0 Å². The average molecular weight is 246 g/mol. The van der Waals surface area contributed by atoms with Gasteiger partial charge < -0.3 is 15.0 Å². The fraction of sp³-hybridized carbons (Fsp3) is 0.357. The van der Waals surface area contributed by atoms with Crippen molar-refractivity contribution in [1.29, 1.82) is 0 Å². The fourth-order valence-electron chi connectivity index (χ4n) is 1.96. The lowest BCUT2D eigenvalue weighted by molar-refractivity contribution is 0.338. The molecule has 18 heavy (non-hydrogen) atoms. The van der Waals surface area contributed by atoms with Gasteiger partial charge in [0.05, 0.1) is 12.3 Å². The SMILES string of the molecule is CCOc1ccc(-c2onc(C)c2CN)cc1C. The minimum absolute atomic E-state index is 0.428. The topological polar surface area (TPSA) is 61.3 Å². The molecule has 0 aliphatic rings. The second-order valence-corrected chi connectivity index (χ2v) is 4.19. The van der Waals surface area contributed by atoms with Gasteiger partial charge in [0.15, 0.2) is 5.76 Å². The molecule has 4 nitrogen and oxygen atoms in total. The summed E-state index contributed by atoms with van der Waals surface area (Å²) in [4.78, 5) is 0. The molecule has 96 valence electrons. The summed E-state index contributed by atoms with van der Waals surface area (Å²) >= 11 is 0. The summed E-state index contributed by atoms with van der Waals surface area (Å²) in [6.45, 7) is 6.97. The van der Waals surface area contributed by atoms with Crippen LogP contribution in [0.25, 0.3) is 11.3 Å². The number of rotatable bonds is 4. The molecule has 0 radical (unpaired) electrons. The Balaban J connectivity index is 2.42. The van der Waals surface area contributed by atoms with Crippen LogP contribution in [0.5, 0.6) is 5.75 Å². The largest absolute Gasteiger partial charge is 0.494 e. The first-order chi connectivity index (χ1) is 8.67. The lowest BCUT2D eigenvalue weighted by atomic mass is 10.0. The van der Waals surface area contributed by atoms with Crippen LogP contribution in [0.3, 0.4) is 0 Å². The van der Waals surface area contributed by atoms with Crippen molar-refractivity contribution in [2.75, 3.05) is 6.61 Å². The van der Waals surface area contributed by atoms with Crippen LogP contribution < -0.4 is 10.5 Å². The summed E-state index contributed by atoms with van der Waals surface area (Å²) in [5.74, 6) is 1.65. The van der Waals surface area contributed by atoms with E-state index in [0.717, 1.165) is 33.9 Å². The number of aryl methyl sites for hydroxylation is 2. The highest BCUT2D eigenvalue weighted by atomic mass is 16.5. The van der Waals surface area contributed by atoms with Crippen LogP contribution in [-0.4, -0.2) is 11.8 Å². The van der Waals surface area contributed by atoms with E-state index in [1.54, 1.807) is 0 Å². The molecule has 1 aromatic heterocycles. The third kappa shape index (κ3) is 2.24. The molecule has 0 bridgehead atoms. The Bertz CT molecular complexity index is 547. The molecule has 0 spiro atoms. The first kappa shape index (κ1) is 12.6. The van der Waals surface area contributed by atoms with Gasteiger partial charge in [-0.15, -0.1) is 0 Å². The van der Waals surface area contributed by atoms with Crippen LogP contribution in [0.15, 0.2) is 22.7 Å². The third-order valence-corrected chi connectivity index (χ3v) is 2.93. The van der Waals surface area contributed by atoms with Gasteiger partial charge in [-0.25, -0.2) is 0 Å². The van der Waals surface area contributed by atoms with Gasteiger partial charge in [-0.3, -0.25) is 0 Å². The van der Waals surface area contributed by atoms with E-state index in [2.05, 4.69) is 5.16 Å². The van der Waals surface area contributed by atoms with Crippen molar-refractivity contribution in [3.8, 4) is 17.1 Å². The highest BCUT2D eigenvalue weighted by Crippen LogP contribution is 2.29. The molecule has 0 saturated heterocycles. The zero-order valence-corrected chi connectivity index (χ0v) is 11.0. The van der Waals surface area contributed by atoms with Crippen LogP contribution >= 0.6 is 0 Å². The van der Waals surface area contributed by atoms with Gasteiger partial charge in [-0.1, -0.05) is 5.16 Å². The van der Waals surface area contributed by atoms with Crippen molar-refractivity contribution >= 4 is 0 Å². The minimum Gasteiger partial charge on any atom is -0.494 e. The average Bonchev–Trinajstić information content (AvgIpc) is 2.73. The van der Waals surface area contributed by atoms with E-state index in [4.69, 9.17) is 15.0 Å². The molecule has 1 aromatic carbocycles. The summed E-state index contributed by atoms with van der Waals surface area (Å²) in [6, 6.07) is 5.95. The molecular formula is C14H18N2O2. The normalized spacial score (nSPS) is 10.7. The maximum Gasteiger partial charge on any atom is 0.171 e. The van der Waals surface area contributed by atoms with Crippen molar-refractivity contribution in [3.05, 3.63) is 35.0 Å². The number of nitrogens with zero attached hydrogens (tertiary/aromatic N) is 1. The molecule has 0 aliphatic heterocycles. The Labute approximate surface area is 107 Å². The second-order valence-electron chi connectivity index (χ2n) is 4.19. The Morgan fingerprint density at radius 2 is 2.11 bits per heavy atom. The van der Waals surface area contributed by atoms with Crippen LogP contribution in [0.2, 0.25) is 0 Å². The third-order valence-electron chi connectivity index (χ3n) is 2.93. The van der Waals surface area contributed by atoms with Crippen LogP contribution in [-0.2, 0) is 6.54 Å². The van der Waals surface area contributed by atoms with Crippen molar-refractivity contribution in [3.63, 3.8) is 0 Å². The van der Waals surface area contributed by atoms with Gasteiger partial charge in [0.25, 0.3) is 0 Å². The fourth-order valence-corrected chi connectivity index (χ4v) is 1.96. The van der Waals surface area contributed by atoms with E-state index in [9.17, 15) is 0 Å². The number of benzene rings is 1. The van der Waals surface area contributed by atoms with E-state index in [0.29, 0.717) is 13.2 Å². The van der Waals surface area contributed by atoms with Gasteiger partial charge in [0.2, 0.25) is 0 Å². The maximum absolute atomic E-state index is 5.72. The lowest BCUT2D eigenvalue weighted by Gasteiger charge is -2.08. The molecule has 0 unspecified atom stereocenters. The number of nitrogens with two attached hydrogens (primary N) is 1. The van der Waals surface area contributed by atoms with Crippen molar-refractivity contribution < 1.29 is 9.26 Å². The monoisotopic (exact) mass is 246 g/mol. The molecule has 2 aromatic rings. The van der Waals surface area contributed by atoms with E-state index in [1.165, 1.54) is 0 Å². The predicted octanol–water partition coefficient (Wildman–Crippen LogP) is 2.82. The zero-order chi connectivity index (χ0) is 13.1. The summed E-state index contributed by atoms with van der Waals surface area (Å²) in [5, 5.41) is 3.97. The van der Waals surface area contributed by atoms with Crippen LogP contribution in [0, 0.1) is 13.8 Å². The number of hydrogen-bond donors (Lipinski definition) is 1. The minimum atomic E-state index is 0.428. The quantitative estimate of drug-likeness (QED) is 0.901. The smallest absolute Gasteiger partial charge is 0.171 e. The van der Waals surface area contributed by atoms with Crippen LogP contribution in [0.1, 0.15) is 23.7 Å². The van der Waals surface area contributed by atoms with E-state index in [1.807, 2.05) is 39.0 Å². The van der Waals surface area contributed by atoms with Gasteiger partial charge in [0, 0.05) is 17.7 Å². The summed E-state index contributed by atoms with van der Waals surface area (Å²) in [5.41, 5.74) is 9.59. The predicted molar refractivity (Wildman–Crippen MR) is 70.5 cm³/mol. The molecule has 0 saturated carbocycles. The highest BCUT2D eigenvalue weighted by Gasteiger charge is 2.14. The van der Waals surface area contributed by atoms with E-state index < -0.39 is 0 Å². The Kier molecular flexibility index (Phi) is 3.67. The lowest BCUT2D eigenvalue weighted by Crippen LogP contribution is -1.99. The van der Waals surface area contributed by atoms with Crippen molar-refractivity contribution in [2.24, 2.45) is 5.73 Å². The van der Waals surface area contributed by atoms with E-state index in [-0.39, 0.29) is 0 Å². The van der Waals surface area contributed by atoms with E-state index >= 15 is 0 Å². The van der Waals surface area contributed by atoms with Crippen molar-refractivity contribution in [2.45, 2.75) is 27.3 Å². The molecule has 0 fully saturated rings. The first-order valence-corrected chi connectivity index (χ1v) is 6.06. The summed E-state index contributed by atoms with van der Waals surface area (Å²) < 4.78 is 10.9. The van der Waals surface area contributed by atoms with Gasteiger partial charge in [-0.05, 0) is 44.5 Å². The number of aromatic nitrogens is 1. The Morgan fingerprint density at radius 1 is 1.33 bits per heavy atom. The summed E-state index contributed by atoms with van der Waals surface area (Å²) in [6.07, 6.45) is 0. The molecule has 0 atom stereocenters.